The number of aromatic amines is 1. The van der Waals surface area contributed by atoms with Crippen LogP contribution in [0.2, 0.25) is 0 Å². The first-order chi connectivity index (χ1) is 10.6. The van der Waals surface area contributed by atoms with Crippen LogP contribution in [-0.2, 0) is 9.47 Å². The highest BCUT2D eigenvalue weighted by Gasteiger charge is 2.30. The molecule has 8 heteroatoms. The maximum Gasteiger partial charge on any atom is 0.425 e. The molecule has 1 aromatic rings. The molecular weight excluding hydrogens is 288 g/mol. The first kappa shape index (κ1) is 17.7. The van der Waals surface area contributed by atoms with Crippen LogP contribution in [0.3, 0.4) is 0 Å². The van der Waals surface area contributed by atoms with Crippen LogP contribution < -0.4 is 0 Å². The van der Waals surface area contributed by atoms with E-state index in [0.29, 0.717) is 17.7 Å². The van der Waals surface area contributed by atoms with E-state index in [2.05, 4.69) is 10.2 Å². The number of amides is 2. The topological polar surface area (TPSA) is 108 Å². The number of nitrogens with zero attached hydrogens (tertiary/aromatic N) is 2. The van der Waals surface area contributed by atoms with Gasteiger partial charge in [0.25, 0.3) is 0 Å². The van der Waals surface area contributed by atoms with Crippen molar-refractivity contribution in [3.63, 3.8) is 0 Å². The van der Waals surface area contributed by atoms with E-state index in [4.69, 9.17) is 14.9 Å². The number of nitrogens with one attached hydrogen (secondary N) is 2. The zero-order chi connectivity index (χ0) is 16.4. The molecule has 0 atom stereocenters. The Morgan fingerprint density at radius 1 is 1.18 bits per heavy atom. The summed E-state index contributed by atoms with van der Waals surface area (Å²) in [6.45, 7) is 4.28. The van der Waals surface area contributed by atoms with Crippen molar-refractivity contribution >= 4 is 18.0 Å². The minimum atomic E-state index is -0.922. The third kappa shape index (κ3) is 5.19. The van der Waals surface area contributed by atoms with Crippen molar-refractivity contribution in [2.24, 2.45) is 0 Å². The summed E-state index contributed by atoms with van der Waals surface area (Å²) in [6, 6.07) is 1.48. The molecule has 1 aromatic heterocycles. The van der Waals surface area contributed by atoms with Crippen LogP contribution in [-0.4, -0.2) is 46.3 Å². The van der Waals surface area contributed by atoms with Gasteiger partial charge >= 0.3 is 12.2 Å². The molecule has 0 saturated carbocycles. The number of imide groups is 1. The number of H-pyrrole nitrogens is 1. The standard InChI is InChI=1S/C14H22N4O4/c1-3-5-9-21-13(19)18(14(20)22-10-6-4-2)12(15)11-7-8-16-17-11/h7-8,15H,3-6,9-10H2,1-2H3,(H,16,17). The van der Waals surface area contributed by atoms with Crippen LogP contribution in [0.15, 0.2) is 12.3 Å². The Morgan fingerprint density at radius 3 is 2.14 bits per heavy atom. The molecule has 0 aromatic carbocycles. The van der Waals surface area contributed by atoms with Crippen LogP contribution in [0.4, 0.5) is 9.59 Å². The molecule has 1 rings (SSSR count). The Morgan fingerprint density at radius 2 is 1.73 bits per heavy atom. The fourth-order valence-corrected chi connectivity index (χ4v) is 1.50. The summed E-state index contributed by atoms with van der Waals surface area (Å²) in [5, 5.41) is 14.2. The number of hydrogen-bond acceptors (Lipinski definition) is 6. The monoisotopic (exact) mass is 310 g/mol. The Hall–Kier alpha value is -2.38. The van der Waals surface area contributed by atoms with Gasteiger partial charge in [0.15, 0.2) is 5.84 Å². The number of amidine groups is 1. The number of aromatic nitrogens is 2. The number of unbranched alkanes of at least 4 members (excludes halogenated alkanes) is 2. The molecule has 0 bridgehead atoms. The molecule has 0 aliphatic rings. The first-order valence-electron chi connectivity index (χ1n) is 7.33. The molecule has 0 unspecified atom stereocenters. The highest BCUT2D eigenvalue weighted by atomic mass is 16.6. The molecule has 2 amide bonds. The van der Waals surface area contributed by atoms with Crippen LogP contribution in [0.5, 0.6) is 0 Å². The number of hydrogen-bond donors (Lipinski definition) is 2. The molecule has 122 valence electrons. The van der Waals surface area contributed by atoms with Crippen LogP contribution in [0, 0.1) is 5.41 Å². The summed E-state index contributed by atoms with van der Waals surface area (Å²) in [5.41, 5.74) is 0.222. The van der Waals surface area contributed by atoms with Crippen LogP contribution in [0.1, 0.15) is 45.2 Å². The van der Waals surface area contributed by atoms with Gasteiger partial charge in [-0.3, -0.25) is 10.5 Å². The van der Waals surface area contributed by atoms with Crippen molar-refractivity contribution in [3.05, 3.63) is 18.0 Å². The Kier molecular flexibility index (Phi) is 7.66. The van der Waals surface area contributed by atoms with Gasteiger partial charge in [0, 0.05) is 6.20 Å². The highest BCUT2D eigenvalue weighted by Crippen LogP contribution is 2.07. The van der Waals surface area contributed by atoms with Gasteiger partial charge in [0.2, 0.25) is 0 Å². The van der Waals surface area contributed by atoms with Gasteiger partial charge in [-0.2, -0.15) is 10.00 Å². The van der Waals surface area contributed by atoms with E-state index in [9.17, 15) is 9.59 Å². The second-order valence-corrected chi connectivity index (χ2v) is 4.59. The second-order valence-electron chi connectivity index (χ2n) is 4.59. The van der Waals surface area contributed by atoms with E-state index < -0.39 is 12.2 Å². The lowest BCUT2D eigenvalue weighted by molar-refractivity contribution is 0.0945. The van der Waals surface area contributed by atoms with Crippen LogP contribution >= 0.6 is 0 Å². The van der Waals surface area contributed by atoms with E-state index >= 15 is 0 Å². The van der Waals surface area contributed by atoms with Gasteiger partial charge < -0.3 is 9.47 Å². The van der Waals surface area contributed by atoms with Crippen molar-refractivity contribution in [1.82, 2.24) is 15.1 Å². The summed E-state index contributed by atoms with van der Waals surface area (Å²) in [5.74, 6) is -0.361. The third-order valence-electron chi connectivity index (χ3n) is 2.79. The molecule has 0 spiro atoms. The lowest BCUT2D eigenvalue weighted by Crippen LogP contribution is -2.43. The van der Waals surface area contributed by atoms with E-state index in [1.54, 1.807) is 0 Å². The second kappa shape index (κ2) is 9.54. The Bertz CT molecular complexity index is 465. The fraction of sp³-hybridized carbons (Fsp3) is 0.571. The predicted octanol–water partition coefficient (Wildman–Crippen LogP) is 2.91. The zero-order valence-electron chi connectivity index (χ0n) is 12.9. The fourth-order valence-electron chi connectivity index (χ4n) is 1.50. The minimum Gasteiger partial charge on any atom is -0.449 e. The lowest BCUT2D eigenvalue weighted by Gasteiger charge is -2.19. The van der Waals surface area contributed by atoms with Gasteiger partial charge in [-0.15, -0.1) is 0 Å². The van der Waals surface area contributed by atoms with E-state index in [1.165, 1.54) is 12.3 Å². The first-order valence-corrected chi connectivity index (χ1v) is 7.33. The van der Waals surface area contributed by atoms with Crippen LogP contribution in [0.25, 0.3) is 0 Å². The SMILES string of the molecule is CCCCOC(=O)N(C(=N)c1ccn[nH]1)C(=O)OCCCC. The highest BCUT2D eigenvalue weighted by molar-refractivity contribution is 6.13. The number of rotatable bonds is 7. The average Bonchev–Trinajstić information content (AvgIpc) is 3.02. The molecule has 0 aliphatic heterocycles. The van der Waals surface area contributed by atoms with Crippen molar-refractivity contribution in [2.45, 2.75) is 39.5 Å². The van der Waals surface area contributed by atoms with E-state index in [-0.39, 0.29) is 24.7 Å². The molecule has 1 heterocycles. The van der Waals surface area contributed by atoms with Crippen molar-refractivity contribution in [2.75, 3.05) is 13.2 Å². The quantitative estimate of drug-likeness (QED) is 0.457. The number of carbonyl (C=O) groups is 2. The van der Waals surface area contributed by atoms with E-state index in [1.807, 2.05) is 13.8 Å². The molecule has 22 heavy (non-hydrogen) atoms. The minimum absolute atomic E-state index is 0.185. The number of carbonyl (C=O) groups excluding carboxylic acids is 2. The average molecular weight is 310 g/mol. The van der Waals surface area contributed by atoms with Gasteiger partial charge in [0.05, 0.1) is 13.2 Å². The molecule has 0 saturated heterocycles. The van der Waals surface area contributed by atoms with E-state index in [0.717, 1.165) is 12.8 Å². The van der Waals surface area contributed by atoms with Gasteiger partial charge in [-0.05, 0) is 18.9 Å². The molecule has 0 fully saturated rings. The summed E-state index contributed by atoms with van der Waals surface area (Å²) in [4.78, 5) is 24.7. The summed E-state index contributed by atoms with van der Waals surface area (Å²) < 4.78 is 10.0. The summed E-state index contributed by atoms with van der Waals surface area (Å²) in [6.07, 6.45) is 2.65. The maximum absolute atomic E-state index is 12.1. The number of ether oxygens (including phenoxy) is 2. The predicted molar refractivity (Wildman–Crippen MR) is 79.8 cm³/mol. The van der Waals surface area contributed by atoms with Crippen molar-refractivity contribution in [3.8, 4) is 0 Å². The normalized spacial score (nSPS) is 10.1. The molecular formula is C14H22N4O4. The lowest BCUT2D eigenvalue weighted by atomic mass is 10.3. The Labute approximate surface area is 129 Å². The molecule has 2 N–H and O–H groups in total. The molecule has 0 radical (unpaired) electrons. The van der Waals surface area contributed by atoms with Crippen molar-refractivity contribution < 1.29 is 19.1 Å². The smallest absolute Gasteiger partial charge is 0.425 e. The Balaban J connectivity index is 2.77. The van der Waals surface area contributed by atoms with Crippen molar-refractivity contribution in [1.29, 1.82) is 5.41 Å². The van der Waals surface area contributed by atoms with Gasteiger partial charge in [-0.1, -0.05) is 26.7 Å². The maximum atomic E-state index is 12.1. The zero-order valence-corrected chi connectivity index (χ0v) is 12.9. The molecule has 0 aliphatic carbocycles. The third-order valence-corrected chi connectivity index (χ3v) is 2.79. The molecule has 8 nitrogen and oxygen atoms in total. The largest absolute Gasteiger partial charge is 0.449 e. The summed E-state index contributed by atoms with van der Waals surface area (Å²) in [7, 11) is 0. The summed E-state index contributed by atoms with van der Waals surface area (Å²) >= 11 is 0. The van der Waals surface area contributed by atoms with Gasteiger partial charge in [-0.25, -0.2) is 9.59 Å². The van der Waals surface area contributed by atoms with Gasteiger partial charge in [0.1, 0.15) is 5.69 Å².